The first-order valence-corrected chi connectivity index (χ1v) is 6.41. The smallest absolute Gasteiger partial charge is 0.328 e. The van der Waals surface area contributed by atoms with Crippen molar-refractivity contribution < 1.29 is 14.3 Å². The zero-order valence-electron chi connectivity index (χ0n) is 11.0. The molecular formula is C13H23NO3. The van der Waals surface area contributed by atoms with Crippen LogP contribution in [0.1, 0.15) is 46.0 Å². The van der Waals surface area contributed by atoms with Crippen molar-refractivity contribution in [2.24, 2.45) is 11.8 Å². The van der Waals surface area contributed by atoms with Crippen molar-refractivity contribution in [3.63, 3.8) is 0 Å². The van der Waals surface area contributed by atoms with Crippen LogP contribution in [-0.2, 0) is 14.3 Å². The van der Waals surface area contributed by atoms with Crippen molar-refractivity contribution in [3.05, 3.63) is 0 Å². The number of hydrogen-bond donors (Lipinski definition) is 1. The number of carbonyl (C=O) groups is 2. The topological polar surface area (TPSA) is 55.4 Å². The predicted octanol–water partition coefficient (Wildman–Crippen LogP) is 1.88. The van der Waals surface area contributed by atoms with E-state index >= 15 is 0 Å². The highest BCUT2D eigenvalue weighted by molar-refractivity contribution is 5.84. The minimum absolute atomic E-state index is 0.0269. The lowest BCUT2D eigenvalue weighted by Gasteiger charge is -2.20. The molecule has 0 aromatic carbocycles. The second-order valence-electron chi connectivity index (χ2n) is 5.17. The van der Waals surface area contributed by atoms with Crippen molar-refractivity contribution >= 4 is 11.9 Å². The minimum atomic E-state index is -0.520. The Kier molecular flexibility index (Phi) is 5.45. The SMILES string of the molecule is COC(=O)[C@H](NC(=O)CC1CCCC1)C(C)C. The molecule has 0 heterocycles. The maximum atomic E-state index is 11.8. The number of carbonyl (C=O) groups excluding carboxylic acids is 2. The van der Waals surface area contributed by atoms with E-state index in [0.29, 0.717) is 12.3 Å². The van der Waals surface area contributed by atoms with Crippen LogP contribution in [0.4, 0.5) is 0 Å². The maximum absolute atomic E-state index is 11.8. The Morgan fingerprint density at radius 1 is 1.29 bits per heavy atom. The number of ether oxygens (including phenoxy) is 1. The van der Waals surface area contributed by atoms with Gasteiger partial charge in [-0.15, -0.1) is 0 Å². The molecule has 4 heteroatoms. The molecule has 98 valence electrons. The summed E-state index contributed by atoms with van der Waals surface area (Å²) in [4.78, 5) is 23.3. The molecule has 0 bridgehead atoms. The van der Waals surface area contributed by atoms with Crippen molar-refractivity contribution in [1.82, 2.24) is 5.32 Å². The van der Waals surface area contributed by atoms with Crippen LogP contribution < -0.4 is 5.32 Å². The third-order valence-electron chi connectivity index (χ3n) is 3.39. The van der Waals surface area contributed by atoms with Gasteiger partial charge in [0, 0.05) is 6.42 Å². The van der Waals surface area contributed by atoms with Crippen LogP contribution >= 0.6 is 0 Å². The summed E-state index contributed by atoms with van der Waals surface area (Å²) in [5, 5.41) is 2.78. The Hall–Kier alpha value is -1.06. The Morgan fingerprint density at radius 2 is 1.88 bits per heavy atom. The molecule has 0 aliphatic heterocycles. The molecule has 0 spiro atoms. The van der Waals surface area contributed by atoms with Gasteiger partial charge in [0.1, 0.15) is 6.04 Å². The van der Waals surface area contributed by atoms with Gasteiger partial charge in [-0.2, -0.15) is 0 Å². The summed E-state index contributed by atoms with van der Waals surface area (Å²) in [7, 11) is 1.35. The van der Waals surface area contributed by atoms with Gasteiger partial charge in [-0.25, -0.2) is 4.79 Å². The summed E-state index contributed by atoms with van der Waals surface area (Å²) < 4.78 is 4.69. The van der Waals surface area contributed by atoms with Crippen LogP contribution in [0.15, 0.2) is 0 Å². The molecule has 0 unspecified atom stereocenters. The Balaban J connectivity index is 2.43. The van der Waals surface area contributed by atoms with Gasteiger partial charge in [0.2, 0.25) is 5.91 Å². The molecule has 4 nitrogen and oxygen atoms in total. The van der Waals surface area contributed by atoms with Gasteiger partial charge in [-0.3, -0.25) is 4.79 Å². The van der Waals surface area contributed by atoms with Gasteiger partial charge in [0.25, 0.3) is 0 Å². The zero-order valence-corrected chi connectivity index (χ0v) is 11.0. The summed E-state index contributed by atoms with van der Waals surface area (Å²) in [5.74, 6) is 0.163. The molecular weight excluding hydrogens is 218 g/mol. The van der Waals surface area contributed by atoms with E-state index in [1.807, 2.05) is 13.8 Å². The maximum Gasteiger partial charge on any atom is 0.328 e. The summed E-state index contributed by atoms with van der Waals surface area (Å²) >= 11 is 0. The highest BCUT2D eigenvalue weighted by Crippen LogP contribution is 2.27. The first-order chi connectivity index (χ1) is 8.04. The Labute approximate surface area is 103 Å². The molecule has 0 aromatic heterocycles. The zero-order chi connectivity index (χ0) is 12.8. The van der Waals surface area contributed by atoms with Crippen LogP contribution in [0.5, 0.6) is 0 Å². The summed E-state index contributed by atoms with van der Waals surface area (Å²) in [6, 6.07) is -0.520. The molecule has 17 heavy (non-hydrogen) atoms. The molecule has 1 N–H and O–H groups in total. The first kappa shape index (κ1) is 14.0. The highest BCUT2D eigenvalue weighted by Gasteiger charge is 2.26. The number of hydrogen-bond acceptors (Lipinski definition) is 3. The summed E-state index contributed by atoms with van der Waals surface area (Å²) in [5.41, 5.74) is 0. The van der Waals surface area contributed by atoms with E-state index in [2.05, 4.69) is 5.32 Å². The molecule has 0 aromatic rings. The number of nitrogens with one attached hydrogen (secondary N) is 1. The van der Waals surface area contributed by atoms with E-state index in [1.165, 1.54) is 20.0 Å². The number of esters is 1. The van der Waals surface area contributed by atoms with Crippen LogP contribution in [0.2, 0.25) is 0 Å². The molecule has 1 aliphatic rings. The lowest BCUT2D eigenvalue weighted by molar-refractivity contribution is -0.146. The van der Waals surface area contributed by atoms with Crippen LogP contribution in [0, 0.1) is 11.8 Å². The second-order valence-corrected chi connectivity index (χ2v) is 5.17. The number of rotatable bonds is 5. The van der Waals surface area contributed by atoms with E-state index in [9.17, 15) is 9.59 Å². The Morgan fingerprint density at radius 3 is 2.35 bits per heavy atom. The molecule has 1 amide bonds. The monoisotopic (exact) mass is 241 g/mol. The fourth-order valence-corrected chi connectivity index (χ4v) is 2.33. The van der Waals surface area contributed by atoms with Crippen molar-refractivity contribution in [2.75, 3.05) is 7.11 Å². The van der Waals surface area contributed by atoms with Crippen molar-refractivity contribution in [2.45, 2.75) is 52.0 Å². The Bertz CT molecular complexity index is 270. The fraction of sp³-hybridized carbons (Fsp3) is 0.846. The molecule has 1 saturated carbocycles. The second kappa shape index (κ2) is 6.62. The third-order valence-corrected chi connectivity index (χ3v) is 3.39. The molecule has 1 fully saturated rings. The molecule has 1 rings (SSSR count). The number of methoxy groups -OCH3 is 1. The van der Waals surface area contributed by atoms with Gasteiger partial charge < -0.3 is 10.1 Å². The highest BCUT2D eigenvalue weighted by atomic mass is 16.5. The molecule has 1 atom stereocenters. The number of amides is 1. The van der Waals surface area contributed by atoms with Gasteiger partial charge in [-0.05, 0) is 24.7 Å². The summed E-state index contributed by atoms with van der Waals surface area (Å²) in [6.07, 6.45) is 5.27. The quantitative estimate of drug-likeness (QED) is 0.748. The fourth-order valence-electron chi connectivity index (χ4n) is 2.33. The van der Waals surface area contributed by atoms with Crippen molar-refractivity contribution in [1.29, 1.82) is 0 Å². The molecule has 0 saturated heterocycles. The predicted molar refractivity (Wildman–Crippen MR) is 65.4 cm³/mol. The standard InChI is InChI=1S/C13H23NO3/c1-9(2)12(13(16)17-3)14-11(15)8-10-6-4-5-7-10/h9-10,12H,4-8H2,1-3H3,(H,14,15)/t12-/m1/s1. The first-order valence-electron chi connectivity index (χ1n) is 6.41. The van der Waals surface area contributed by atoms with Crippen LogP contribution in [0.3, 0.4) is 0 Å². The van der Waals surface area contributed by atoms with E-state index < -0.39 is 6.04 Å². The van der Waals surface area contributed by atoms with Gasteiger partial charge in [0.15, 0.2) is 0 Å². The van der Waals surface area contributed by atoms with Crippen molar-refractivity contribution in [3.8, 4) is 0 Å². The van der Waals surface area contributed by atoms with Crippen LogP contribution in [-0.4, -0.2) is 25.0 Å². The largest absolute Gasteiger partial charge is 0.467 e. The lowest BCUT2D eigenvalue weighted by atomic mass is 10.0. The minimum Gasteiger partial charge on any atom is -0.467 e. The summed E-state index contributed by atoms with van der Waals surface area (Å²) in [6.45, 7) is 3.80. The average Bonchev–Trinajstić information content (AvgIpc) is 2.77. The third kappa shape index (κ3) is 4.36. The van der Waals surface area contributed by atoms with Gasteiger partial charge in [-0.1, -0.05) is 26.7 Å². The average molecular weight is 241 g/mol. The van der Waals surface area contributed by atoms with E-state index in [0.717, 1.165) is 12.8 Å². The van der Waals surface area contributed by atoms with Gasteiger partial charge >= 0.3 is 5.97 Å². The molecule has 1 aliphatic carbocycles. The van der Waals surface area contributed by atoms with E-state index in [1.54, 1.807) is 0 Å². The lowest BCUT2D eigenvalue weighted by Crippen LogP contribution is -2.45. The molecule has 0 radical (unpaired) electrons. The van der Waals surface area contributed by atoms with Gasteiger partial charge in [0.05, 0.1) is 7.11 Å². The van der Waals surface area contributed by atoms with E-state index in [-0.39, 0.29) is 17.8 Å². The van der Waals surface area contributed by atoms with E-state index in [4.69, 9.17) is 4.74 Å². The normalized spacial score (nSPS) is 18.1. The van der Waals surface area contributed by atoms with Crippen LogP contribution in [0.25, 0.3) is 0 Å².